The van der Waals surface area contributed by atoms with Crippen LogP contribution in [0, 0.1) is 17.2 Å². The molecular formula is C28H36N4O4. The highest BCUT2D eigenvalue weighted by atomic mass is 16.5. The number of piperidine rings is 1. The van der Waals surface area contributed by atoms with Crippen LogP contribution in [0.15, 0.2) is 18.2 Å². The van der Waals surface area contributed by atoms with E-state index >= 15 is 0 Å². The van der Waals surface area contributed by atoms with Crippen molar-refractivity contribution in [2.75, 3.05) is 13.1 Å². The van der Waals surface area contributed by atoms with Crippen LogP contribution >= 0.6 is 0 Å². The molecule has 1 saturated carbocycles. The number of amides is 3. The number of rotatable bonds is 9. The highest BCUT2D eigenvalue weighted by molar-refractivity contribution is 6.05. The first kappa shape index (κ1) is 24.8. The van der Waals surface area contributed by atoms with Crippen molar-refractivity contribution >= 4 is 17.7 Å². The monoisotopic (exact) mass is 492 g/mol. The van der Waals surface area contributed by atoms with E-state index in [4.69, 9.17) is 10.00 Å². The van der Waals surface area contributed by atoms with Gasteiger partial charge in [-0.25, -0.2) is 0 Å². The number of hydrogen-bond donors (Lipinski definition) is 1. The summed E-state index contributed by atoms with van der Waals surface area (Å²) < 4.78 is 6.54. The Bertz CT molecular complexity index is 1040. The van der Waals surface area contributed by atoms with Crippen LogP contribution in [0.1, 0.15) is 86.6 Å². The maximum absolute atomic E-state index is 13.0. The average molecular weight is 493 g/mol. The molecule has 1 aliphatic carbocycles. The predicted molar refractivity (Wildman–Crippen MR) is 133 cm³/mol. The van der Waals surface area contributed by atoms with Crippen molar-refractivity contribution in [2.45, 2.75) is 95.4 Å². The van der Waals surface area contributed by atoms with Gasteiger partial charge >= 0.3 is 0 Å². The molecule has 8 nitrogen and oxygen atoms in total. The Balaban J connectivity index is 1.16. The van der Waals surface area contributed by atoms with Crippen molar-refractivity contribution in [1.82, 2.24) is 15.1 Å². The van der Waals surface area contributed by atoms with Gasteiger partial charge in [0, 0.05) is 44.1 Å². The number of fused-ring (bicyclic) bond motifs is 1. The Kier molecular flexibility index (Phi) is 7.56. The first-order valence-electron chi connectivity index (χ1n) is 13.6. The van der Waals surface area contributed by atoms with Gasteiger partial charge in [0.05, 0.1) is 6.07 Å². The summed E-state index contributed by atoms with van der Waals surface area (Å²) in [6.45, 7) is 2.65. The number of nitrogens with one attached hydrogen (secondary N) is 1. The maximum atomic E-state index is 13.0. The van der Waals surface area contributed by atoms with Gasteiger partial charge in [0.1, 0.15) is 17.9 Å². The fourth-order valence-electron chi connectivity index (χ4n) is 6.31. The summed E-state index contributed by atoms with van der Waals surface area (Å²) in [4.78, 5) is 41.0. The van der Waals surface area contributed by atoms with E-state index in [1.54, 1.807) is 4.90 Å². The Morgan fingerprint density at radius 3 is 2.69 bits per heavy atom. The molecule has 0 bridgehead atoms. The number of carbonyl (C=O) groups excluding carboxylic acids is 3. The molecule has 192 valence electrons. The summed E-state index contributed by atoms with van der Waals surface area (Å²) in [7, 11) is 0. The summed E-state index contributed by atoms with van der Waals surface area (Å²) in [6.07, 6.45) is 10.7. The Morgan fingerprint density at radius 1 is 1.06 bits per heavy atom. The average Bonchev–Trinajstić information content (AvgIpc) is 3.16. The molecule has 0 spiro atoms. The molecule has 1 aromatic carbocycles. The van der Waals surface area contributed by atoms with Crippen molar-refractivity contribution in [1.29, 1.82) is 5.26 Å². The van der Waals surface area contributed by atoms with Gasteiger partial charge < -0.3 is 9.64 Å². The molecule has 4 aliphatic rings. The summed E-state index contributed by atoms with van der Waals surface area (Å²) in [5.41, 5.74) is 1.50. The number of nitrogens with zero attached hydrogens (tertiary/aromatic N) is 3. The van der Waals surface area contributed by atoms with Crippen LogP contribution in [0.25, 0.3) is 0 Å². The largest absolute Gasteiger partial charge is 0.489 e. The van der Waals surface area contributed by atoms with Gasteiger partial charge in [-0.1, -0.05) is 19.3 Å². The van der Waals surface area contributed by atoms with E-state index in [1.165, 1.54) is 25.7 Å². The summed E-state index contributed by atoms with van der Waals surface area (Å²) >= 11 is 0. The molecular weight excluding hydrogens is 456 g/mol. The third kappa shape index (κ3) is 5.27. The summed E-state index contributed by atoms with van der Waals surface area (Å²) in [6, 6.07) is 7.73. The van der Waals surface area contributed by atoms with E-state index in [0.29, 0.717) is 31.0 Å². The third-order valence-electron chi connectivity index (χ3n) is 8.31. The van der Waals surface area contributed by atoms with Gasteiger partial charge in [-0.2, -0.15) is 5.26 Å². The van der Waals surface area contributed by atoms with E-state index in [0.717, 1.165) is 56.0 Å². The Labute approximate surface area is 212 Å². The molecule has 3 aliphatic heterocycles. The van der Waals surface area contributed by atoms with E-state index < -0.39 is 6.04 Å². The maximum Gasteiger partial charge on any atom is 0.255 e. The van der Waals surface area contributed by atoms with Crippen molar-refractivity contribution in [3.05, 3.63) is 29.3 Å². The van der Waals surface area contributed by atoms with Crippen LogP contribution < -0.4 is 10.1 Å². The smallest absolute Gasteiger partial charge is 0.255 e. The van der Waals surface area contributed by atoms with Crippen LogP contribution in [0.5, 0.6) is 5.75 Å². The molecule has 36 heavy (non-hydrogen) atoms. The Hall–Kier alpha value is -2.92. The summed E-state index contributed by atoms with van der Waals surface area (Å²) in [5.74, 6) is 0.740. The second kappa shape index (κ2) is 11.0. The number of hydrogen-bond acceptors (Lipinski definition) is 6. The highest BCUT2D eigenvalue weighted by Crippen LogP contribution is 2.35. The lowest BCUT2D eigenvalue weighted by Gasteiger charge is -2.48. The zero-order valence-corrected chi connectivity index (χ0v) is 20.9. The Morgan fingerprint density at radius 2 is 1.89 bits per heavy atom. The van der Waals surface area contributed by atoms with Gasteiger partial charge in [0.2, 0.25) is 11.8 Å². The van der Waals surface area contributed by atoms with E-state index in [-0.39, 0.29) is 30.2 Å². The molecule has 3 atom stereocenters. The van der Waals surface area contributed by atoms with Gasteiger partial charge in [-0.05, 0) is 68.2 Å². The molecule has 8 heteroatoms. The molecule has 1 N–H and O–H groups in total. The minimum absolute atomic E-state index is 0.150. The number of ether oxygens (including phenoxy) is 1. The topological polar surface area (TPSA) is 103 Å². The number of imide groups is 1. The van der Waals surface area contributed by atoms with E-state index in [9.17, 15) is 14.4 Å². The number of likely N-dealkylation sites (tertiary alicyclic amines) is 1. The molecule has 0 radical (unpaired) electrons. The lowest BCUT2D eigenvalue weighted by atomic mass is 9.85. The van der Waals surface area contributed by atoms with Crippen molar-refractivity contribution in [2.24, 2.45) is 5.92 Å². The fourth-order valence-corrected chi connectivity index (χ4v) is 6.31. The zero-order chi connectivity index (χ0) is 25.1. The number of benzene rings is 1. The highest BCUT2D eigenvalue weighted by Gasteiger charge is 2.40. The molecule has 3 fully saturated rings. The standard InChI is InChI=1S/C28H36N4O4/c29-14-6-2-1-3-7-19-16-31(17-19)23-8-4-5-9-25(23)36-21-10-11-22-20(15-21)18-32(28(22)35)24-12-13-26(33)30-27(24)34/h10-11,15,19,23-25H,1-9,12-13,16-18H2,(H,30,33,34)/t23-,24?,25-/m0/s1. The second-order valence-corrected chi connectivity index (χ2v) is 10.8. The van der Waals surface area contributed by atoms with Crippen LogP contribution in [-0.2, 0) is 16.1 Å². The minimum atomic E-state index is -0.597. The molecule has 2 saturated heterocycles. The molecule has 3 amide bonds. The molecule has 3 heterocycles. The molecule has 1 unspecified atom stereocenters. The predicted octanol–water partition coefficient (Wildman–Crippen LogP) is 3.54. The fraction of sp³-hybridized carbons (Fsp3) is 0.643. The number of nitriles is 1. The summed E-state index contributed by atoms with van der Waals surface area (Å²) in [5, 5.41) is 11.0. The first-order valence-corrected chi connectivity index (χ1v) is 13.6. The van der Waals surface area contributed by atoms with Crippen molar-refractivity contribution in [3.8, 4) is 11.8 Å². The lowest BCUT2D eigenvalue weighted by molar-refractivity contribution is -0.136. The van der Waals surface area contributed by atoms with Crippen molar-refractivity contribution in [3.63, 3.8) is 0 Å². The van der Waals surface area contributed by atoms with Crippen LogP contribution in [0.4, 0.5) is 0 Å². The van der Waals surface area contributed by atoms with Crippen LogP contribution in [0.3, 0.4) is 0 Å². The quantitative estimate of drug-likeness (QED) is 0.418. The molecule has 5 rings (SSSR count). The minimum Gasteiger partial charge on any atom is -0.489 e. The van der Waals surface area contributed by atoms with Gasteiger partial charge in [0.25, 0.3) is 5.91 Å². The number of carbonyl (C=O) groups is 3. The van der Waals surface area contributed by atoms with Gasteiger partial charge in [-0.15, -0.1) is 0 Å². The SMILES string of the molecule is N#CCCCCCC1CN([C@H]2CCCC[C@@H]2Oc2ccc3c(c2)CN(C2CCC(=O)NC2=O)C3=O)C1. The normalized spacial score (nSPS) is 26.8. The number of unbranched alkanes of at least 4 members (excludes halogenated alkanes) is 3. The molecule has 0 aromatic heterocycles. The van der Waals surface area contributed by atoms with Gasteiger partial charge in [0.15, 0.2) is 0 Å². The molecule has 1 aromatic rings. The van der Waals surface area contributed by atoms with Crippen LogP contribution in [0.2, 0.25) is 0 Å². The third-order valence-corrected chi connectivity index (χ3v) is 8.31. The van der Waals surface area contributed by atoms with E-state index in [1.807, 2.05) is 18.2 Å². The van der Waals surface area contributed by atoms with E-state index in [2.05, 4.69) is 16.3 Å². The zero-order valence-electron chi connectivity index (χ0n) is 20.9. The van der Waals surface area contributed by atoms with Crippen molar-refractivity contribution < 1.29 is 19.1 Å². The second-order valence-electron chi connectivity index (χ2n) is 10.8. The first-order chi connectivity index (χ1) is 17.5. The lowest BCUT2D eigenvalue weighted by Crippen LogP contribution is -2.57. The van der Waals surface area contributed by atoms with Gasteiger partial charge in [-0.3, -0.25) is 24.6 Å². The van der Waals surface area contributed by atoms with Crippen LogP contribution in [-0.4, -0.2) is 58.8 Å².